The van der Waals surface area contributed by atoms with Crippen molar-refractivity contribution in [1.82, 2.24) is 14.5 Å². The molecule has 4 aromatic rings. The molecule has 0 saturated heterocycles. The second-order valence-electron chi connectivity index (χ2n) is 8.93. The SMILES string of the molecule is CCCCCCCCCOC(=O)c1c(N)n(CCc2ccc(F)cc2)c2nc3ccccc3nc12. The van der Waals surface area contributed by atoms with Gasteiger partial charge >= 0.3 is 5.97 Å². The number of anilines is 1. The second kappa shape index (κ2) is 11.8. The Labute approximate surface area is 205 Å². The number of nitrogens with two attached hydrogens (primary N) is 1. The van der Waals surface area contributed by atoms with Gasteiger partial charge in [-0.3, -0.25) is 0 Å². The van der Waals surface area contributed by atoms with Crippen LogP contribution in [0.3, 0.4) is 0 Å². The van der Waals surface area contributed by atoms with Crippen LogP contribution in [0.15, 0.2) is 48.5 Å². The van der Waals surface area contributed by atoms with Gasteiger partial charge < -0.3 is 15.0 Å². The monoisotopic (exact) mass is 476 g/mol. The number of hydrogen-bond donors (Lipinski definition) is 1. The number of esters is 1. The number of hydrogen-bond acceptors (Lipinski definition) is 5. The van der Waals surface area contributed by atoms with E-state index in [0.717, 1.165) is 30.3 Å². The second-order valence-corrected chi connectivity index (χ2v) is 8.93. The number of aromatic nitrogens is 3. The van der Waals surface area contributed by atoms with Crippen LogP contribution in [0.1, 0.15) is 67.8 Å². The Morgan fingerprint density at radius 3 is 2.31 bits per heavy atom. The number of rotatable bonds is 12. The van der Waals surface area contributed by atoms with Gasteiger partial charge in [-0.05, 0) is 42.7 Å². The Morgan fingerprint density at radius 1 is 0.943 bits per heavy atom. The van der Waals surface area contributed by atoms with E-state index >= 15 is 0 Å². The van der Waals surface area contributed by atoms with Crippen LogP contribution in [-0.2, 0) is 17.7 Å². The predicted molar refractivity (Wildman–Crippen MR) is 138 cm³/mol. The Kier molecular flexibility index (Phi) is 8.29. The topological polar surface area (TPSA) is 83.0 Å². The zero-order chi connectivity index (χ0) is 24.6. The molecule has 0 amide bonds. The number of benzene rings is 2. The van der Waals surface area contributed by atoms with Crippen LogP contribution >= 0.6 is 0 Å². The van der Waals surface area contributed by atoms with Crippen LogP contribution in [-0.4, -0.2) is 27.1 Å². The minimum absolute atomic E-state index is 0.264. The number of para-hydroxylation sites is 2. The zero-order valence-corrected chi connectivity index (χ0v) is 20.3. The lowest BCUT2D eigenvalue weighted by Crippen LogP contribution is -2.11. The van der Waals surface area contributed by atoms with Crippen molar-refractivity contribution < 1.29 is 13.9 Å². The van der Waals surface area contributed by atoms with E-state index in [2.05, 4.69) is 6.92 Å². The van der Waals surface area contributed by atoms with Gasteiger partial charge in [-0.1, -0.05) is 69.7 Å². The van der Waals surface area contributed by atoms with Crippen molar-refractivity contribution in [3.8, 4) is 0 Å². The minimum atomic E-state index is -0.469. The maximum atomic E-state index is 13.3. The molecule has 2 aromatic carbocycles. The molecule has 6 nitrogen and oxygen atoms in total. The lowest BCUT2D eigenvalue weighted by Gasteiger charge is -2.08. The first-order chi connectivity index (χ1) is 17.1. The summed E-state index contributed by atoms with van der Waals surface area (Å²) in [6, 6.07) is 13.9. The molecular weight excluding hydrogens is 443 g/mol. The lowest BCUT2D eigenvalue weighted by atomic mass is 10.1. The van der Waals surface area contributed by atoms with Crippen molar-refractivity contribution in [3.05, 3.63) is 65.5 Å². The Morgan fingerprint density at radius 2 is 1.60 bits per heavy atom. The molecule has 0 aliphatic rings. The third-order valence-electron chi connectivity index (χ3n) is 6.31. The van der Waals surface area contributed by atoms with Gasteiger partial charge in [0, 0.05) is 6.54 Å². The quantitative estimate of drug-likeness (QED) is 0.187. The molecule has 0 radical (unpaired) electrons. The van der Waals surface area contributed by atoms with Crippen LogP contribution in [0.25, 0.3) is 22.2 Å². The van der Waals surface area contributed by atoms with Gasteiger partial charge in [0.05, 0.1) is 17.6 Å². The van der Waals surface area contributed by atoms with Crippen LogP contribution in [0.4, 0.5) is 10.2 Å². The number of ether oxygens (including phenoxy) is 1. The number of nitrogens with zero attached hydrogens (tertiary/aromatic N) is 3. The molecule has 35 heavy (non-hydrogen) atoms. The van der Waals surface area contributed by atoms with Crippen molar-refractivity contribution in [2.75, 3.05) is 12.3 Å². The Hall–Kier alpha value is -3.48. The van der Waals surface area contributed by atoms with E-state index in [1.165, 1.54) is 37.8 Å². The fourth-order valence-electron chi connectivity index (χ4n) is 4.33. The molecular formula is C28H33FN4O2. The number of carbonyl (C=O) groups is 1. The number of fused-ring (bicyclic) bond motifs is 2. The molecule has 0 saturated carbocycles. The molecule has 0 aliphatic heterocycles. The van der Waals surface area contributed by atoms with E-state index in [0.29, 0.717) is 42.1 Å². The minimum Gasteiger partial charge on any atom is -0.462 e. The number of unbranched alkanes of at least 4 members (excludes halogenated alkanes) is 6. The summed E-state index contributed by atoms with van der Waals surface area (Å²) in [6.45, 7) is 3.04. The third kappa shape index (κ3) is 5.96. The highest BCUT2D eigenvalue weighted by Gasteiger charge is 2.25. The first-order valence-electron chi connectivity index (χ1n) is 12.5. The van der Waals surface area contributed by atoms with E-state index in [-0.39, 0.29) is 11.4 Å². The van der Waals surface area contributed by atoms with E-state index in [9.17, 15) is 9.18 Å². The fraction of sp³-hybridized carbons (Fsp3) is 0.393. The summed E-state index contributed by atoms with van der Waals surface area (Å²) in [4.78, 5) is 22.6. The summed E-state index contributed by atoms with van der Waals surface area (Å²) in [7, 11) is 0. The number of aryl methyl sites for hydroxylation is 2. The predicted octanol–water partition coefficient (Wildman–Crippen LogP) is 6.46. The average molecular weight is 477 g/mol. The highest BCUT2D eigenvalue weighted by atomic mass is 19.1. The van der Waals surface area contributed by atoms with E-state index in [1.54, 1.807) is 12.1 Å². The molecule has 2 heterocycles. The molecule has 0 spiro atoms. The summed E-state index contributed by atoms with van der Waals surface area (Å²) in [5, 5.41) is 0. The van der Waals surface area contributed by atoms with Crippen molar-refractivity contribution in [2.24, 2.45) is 0 Å². The third-order valence-corrected chi connectivity index (χ3v) is 6.31. The summed E-state index contributed by atoms with van der Waals surface area (Å²) < 4.78 is 20.7. The molecule has 4 rings (SSSR count). The normalized spacial score (nSPS) is 11.4. The van der Waals surface area contributed by atoms with Crippen molar-refractivity contribution in [2.45, 2.75) is 64.8 Å². The van der Waals surface area contributed by atoms with Crippen LogP contribution < -0.4 is 5.73 Å². The van der Waals surface area contributed by atoms with Gasteiger partial charge in [-0.2, -0.15) is 0 Å². The first-order valence-corrected chi connectivity index (χ1v) is 12.5. The lowest BCUT2D eigenvalue weighted by molar-refractivity contribution is 0.0501. The van der Waals surface area contributed by atoms with E-state index in [1.807, 2.05) is 28.8 Å². The van der Waals surface area contributed by atoms with Gasteiger partial charge in [0.15, 0.2) is 5.65 Å². The fourth-order valence-corrected chi connectivity index (χ4v) is 4.33. The van der Waals surface area contributed by atoms with E-state index < -0.39 is 5.97 Å². The van der Waals surface area contributed by atoms with Gasteiger partial charge in [0.25, 0.3) is 0 Å². The number of carbonyl (C=O) groups excluding carboxylic acids is 1. The molecule has 2 aromatic heterocycles. The summed E-state index contributed by atoms with van der Waals surface area (Å²) in [6.07, 6.45) is 8.61. The first kappa shape index (κ1) is 24.6. The standard InChI is InChI=1S/C28H33FN4O2/c1-2-3-4-5-6-7-10-19-35-28(34)24-25-27(32-23-12-9-8-11-22(23)31-25)33(26(24)30)18-17-20-13-15-21(29)16-14-20/h8-9,11-16H,2-7,10,17-19,30H2,1H3. The molecule has 184 valence electrons. The number of halogens is 1. The van der Waals surface area contributed by atoms with Gasteiger partial charge in [-0.15, -0.1) is 0 Å². The summed E-state index contributed by atoms with van der Waals surface area (Å²) in [5.41, 5.74) is 10.1. The molecule has 0 fully saturated rings. The van der Waals surface area contributed by atoms with Gasteiger partial charge in [-0.25, -0.2) is 19.2 Å². The van der Waals surface area contributed by atoms with Crippen LogP contribution in [0.5, 0.6) is 0 Å². The number of nitrogen functional groups attached to an aromatic ring is 1. The maximum absolute atomic E-state index is 13.3. The maximum Gasteiger partial charge on any atom is 0.344 e. The summed E-state index contributed by atoms with van der Waals surface area (Å²) >= 11 is 0. The molecule has 7 heteroatoms. The smallest absolute Gasteiger partial charge is 0.344 e. The molecule has 2 N–H and O–H groups in total. The zero-order valence-electron chi connectivity index (χ0n) is 20.3. The van der Waals surface area contributed by atoms with Crippen molar-refractivity contribution >= 4 is 34.0 Å². The van der Waals surface area contributed by atoms with Gasteiger partial charge in [0.2, 0.25) is 0 Å². The largest absolute Gasteiger partial charge is 0.462 e. The Balaban J connectivity index is 1.54. The Bertz CT molecular complexity index is 1280. The van der Waals surface area contributed by atoms with Crippen LogP contribution in [0.2, 0.25) is 0 Å². The molecule has 0 aliphatic carbocycles. The van der Waals surface area contributed by atoms with Crippen molar-refractivity contribution in [1.29, 1.82) is 0 Å². The summed E-state index contributed by atoms with van der Waals surface area (Å²) in [5.74, 6) is -0.450. The highest BCUT2D eigenvalue weighted by Crippen LogP contribution is 2.29. The average Bonchev–Trinajstić information content (AvgIpc) is 3.13. The molecule has 0 unspecified atom stereocenters. The molecule has 0 bridgehead atoms. The van der Waals surface area contributed by atoms with Crippen molar-refractivity contribution in [3.63, 3.8) is 0 Å². The molecule has 0 atom stereocenters. The van der Waals surface area contributed by atoms with E-state index in [4.69, 9.17) is 20.4 Å². The van der Waals surface area contributed by atoms with Gasteiger partial charge in [0.1, 0.15) is 22.7 Å². The highest BCUT2D eigenvalue weighted by molar-refractivity contribution is 6.08. The van der Waals surface area contributed by atoms with Crippen LogP contribution in [0, 0.1) is 5.82 Å².